The van der Waals surface area contributed by atoms with Crippen molar-refractivity contribution in [1.29, 1.82) is 0 Å². The van der Waals surface area contributed by atoms with Gasteiger partial charge in [-0.3, -0.25) is 4.79 Å². The van der Waals surface area contributed by atoms with Gasteiger partial charge < -0.3 is 21.0 Å². The first-order valence-electron chi connectivity index (χ1n) is 5.83. The number of hydrogen-bond acceptors (Lipinski definition) is 4. The van der Waals surface area contributed by atoms with E-state index in [1.54, 1.807) is 12.1 Å². The summed E-state index contributed by atoms with van der Waals surface area (Å²) in [6, 6.07) is 6.81. The van der Waals surface area contributed by atoms with Crippen molar-refractivity contribution in [3.05, 3.63) is 29.8 Å². The molecule has 0 spiro atoms. The van der Waals surface area contributed by atoms with Crippen LogP contribution in [0.5, 0.6) is 5.75 Å². The second kappa shape index (κ2) is 7.45. The monoisotopic (exact) mass is 250 g/mol. The maximum atomic E-state index is 10.7. The Kier molecular flexibility index (Phi) is 5.87. The number of aldehydes is 1. The van der Waals surface area contributed by atoms with Crippen molar-refractivity contribution in [2.75, 3.05) is 6.61 Å². The summed E-state index contributed by atoms with van der Waals surface area (Å²) in [6.07, 6.45) is 2.20. The van der Waals surface area contributed by atoms with Crippen molar-refractivity contribution in [2.45, 2.75) is 25.3 Å². The summed E-state index contributed by atoms with van der Waals surface area (Å²) in [5.41, 5.74) is 11.7. The molecule has 1 amide bonds. The van der Waals surface area contributed by atoms with Crippen molar-refractivity contribution in [3.8, 4) is 5.75 Å². The van der Waals surface area contributed by atoms with Gasteiger partial charge in [0.15, 0.2) is 0 Å². The first kappa shape index (κ1) is 14.2. The zero-order valence-corrected chi connectivity index (χ0v) is 10.2. The van der Waals surface area contributed by atoms with E-state index >= 15 is 0 Å². The molecule has 4 N–H and O–H groups in total. The minimum absolute atomic E-state index is 0.125. The normalized spacial score (nSPS) is 11.8. The van der Waals surface area contributed by atoms with Crippen LogP contribution < -0.4 is 16.2 Å². The number of carbonyl (C=O) groups is 2. The first-order chi connectivity index (χ1) is 8.63. The van der Waals surface area contributed by atoms with E-state index in [9.17, 15) is 9.59 Å². The van der Waals surface area contributed by atoms with Gasteiger partial charge >= 0.3 is 0 Å². The van der Waals surface area contributed by atoms with E-state index in [0.717, 1.165) is 17.6 Å². The Hall–Kier alpha value is -1.88. The van der Waals surface area contributed by atoms with Crippen LogP contribution in [-0.4, -0.2) is 18.8 Å². The van der Waals surface area contributed by atoms with Gasteiger partial charge in [0.05, 0.1) is 6.61 Å². The van der Waals surface area contributed by atoms with Crippen LogP contribution in [0, 0.1) is 0 Å². The molecule has 5 heteroatoms. The van der Waals surface area contributed by atoms with Crippen LogP contribution in [0.1, 0.15) is 30.9 Å². The van der Waals surface area contributed by atoms with Gasteiger partial charge in [-0.05, 0) is 24.1 Å². The topological polar surface area (TPSA) is 95.4 Å². The fourth-order valence-corrected chi connectivity index (χ4v) is 1.50. The molecule has 98 valence electrons. The summed E-state index contributed by atoms with van der Waals surface area (Å²) in [5.74, 6) is 0.299. The maximum Gasteiger partial charge on any atom is 0.219 e. The Labute approximate surface area is 106 Å². The molecule has 0 aliphatic heterocycles. The molecule has 0 heterocycles. The molecule has 0 saturated heterocycles. The minimum atomic E-state index is -0.420. The molecule has 0 aliphatic rings. The minimum Gasteiger partial charge on any atom is -0.494 e. The van der Waals surface area contributed by atoms with Gasteiger partial charge in [0.2, 0.25) is 5.91 Å². The van der Waals surface area contributed by atoms with Gasteiger partial charge in [-0.15, -0.1) is 0 Å². The fraction of sp³-hybridized carbons (Fsp3) is 0.385. The fourth-order valence-electron chi connectivity index (χ4n) is 1.50. The van der Waals surface area contributed by atoms with Crippen LogP contribution in [0.15, 0.2) is 24.3 Å². The average Bonchev–Trinajstić information content (AvgIpc) is 2.34. The lowest BCUT2D eigenvalue weighted by molar-refractivity contribution is -0.118. The summed E-state index contributed by atoms with van der Waals surface area (Å²) in [7, 11) is 0. The zero-order valence-electron chi connectivity index (χ0n) is 10.2. The standard InChI is InChI=1S/C13H18N2O3/c14-12(9-13(15)17)10-3-5-11(6-4-10)18-8-2-1-7-16/h3-7,12H,1-2,8-9,14H2,(H2,15,17). The van der Waals surface area contributed by atoms with Crippen LogP contribution in [0.2, 0.25) is 0 Å². The second-order valence-corrected chi connectivity index (χ2v) is 4.00. The highest BCUT2D eigenvalue weighted by atomic mass is 16.5. The number of primary amides is 1. The van der Waals surface area contributed by atoms with E-state index in [1.807, 2.05) is 12.1 Å². The van der Waals surface area contributed by atoms with E-state index in [4.69, 9.17) is 16.2 Å². The van der Waals surface area contributed by atoms with Crippen molar-refractivity contribution >= 4 is 12.2 Å². The number of carbonyl (C=O) groups excluding carboxylic acids is 2. The number of ether oxygens (including phenoxy) is 1. The number of hydrogen-bond donors (Lipinski definition) is 2. The molecule has 1 aromatic rings. The highest BCUT2D eigenvalue weighted by Crippen LogP contribution is 2.18. The quantitative estimate of drug-likeness (QED) is 0.529. The molecule has 1 unspecified atom stereocenters. The average molecular weight is 250 g/mol. The van der Waals surface area contributed by atoms with Crippen molar-refractivity contribution in [1.82, 2.24) is 0 Å². The van der Waals surface area contributed by atoms with E-state index in [0.29, 0.717) is 19.4 Å². The lowest BCUT2D eigenvalue weighted by Crippen LogP contribution is -2.20. The predicted octanol–water partition coefficient (Wildman–Crippen LogP) is 0.920. The summed E-state index contributed by atoms with van der Waals surface area (Å²) in [4.78, 5) is 20.9. The van der Waals surface area contributed by atoms with Gasteiger partial charge in [0, 0.05) is 18.9 Å². The summed E-state index contributed by atoms with van der Waals surface area (Å²) in [5, 5.41) is 0. The number of nitrogens with two attached hydrogens (primary N) is 2. The van der Waals surface area contributed by atoms with Crippen LogP contribution in [0.25, 0.3) is 0 Å². The third kappa shape index (κ3) is 4.97. The van der Waals surface area contributed by atoms with Crippen molar-refractivity contribution in [3.63, 3.8) is 0 Å². The molecular formula is C13H18N2O3. The van der Waals surface area contributed by atoms with Gasteiger partial charge in [-0.25, -0.2) is 0 Å². The highest BCUT2D eigenvalue weighted by Gasteiger charge is 2.08. The molecule has 0 aromatic heterocycles. The molecular weight excluding hydrogens is 232 g/mol. The highest BCUT2D eigenvalue weighted by molar-refractivity contribution is 5.74. The molecule has 1 atom stereocenters. The Bertz CT molecular complexity index is 390. The molecule has 18 heavy (non-hydrogen) atoms. The molecule has 0 aliphatic carbocycles. The molecule has 0 saturated carbocycles. The van der Waals surface area contributed by atoms with E-state index in [-0.39, 0.29) is 12.5 Å². The van der Waals surface area contributed by atoms with Crippen LogP contribution in [0.4, 0.5) is 0 Å². The molecule has 0 fully saturated rings. The lowest BCUT2D eigenvalue weighted by atomic mass is 10.0. The Morgan fingerprint density at radius 3 is 2.56 bits per heavy atom. The van der Waals surface area contributed by atoms with E-state index in [2.05, 4.69) is 0 Å². The third-order valence-electron chi connectivity index (χ3n) is 2.46. The predicted molar refractivity (Wildman–Crippen MR) is 68.0 cm³/mol. The summed E-state index contributed by atoms with van der Waals surface area (Å²) >= 11 is 0. The molecule has 0 radical (unpaired) electrons. The lowest BCUT2D eigenvalue weighted by Gasteiger charge is -2.11. The molecule has 1 aromatic carbocycles. The largest absolute Gasteiger partial charge is 0.494 e. The van der Waals surface area contributed by atoms with Crippen molar-refractivity contribution in [2.24, 2.45) is 11.5 Å². The Balaban J connectivity index is 2.46. The Morgan fingerprint density at radius 2 is 2.00 bits per heavy atom. The van der Waals surface area contributed by atoms with Gasteiger partial charge in [-0.1, -0.05) is 12.1 Å². The van der Waals surface area contributed by atoms with Crippen molar-refractivity contribution < 1.29 is 14.3 Å². The maximum absolute atomic E-state index is 10.7. The first-order valence-corrected chi connectivity index (χ1v) is 5.83. The molecule has 1 rings (SSSR count). The van der Waals surface area contributed by atoms with E-state index in [1.165, 1.54) is 0 Å². The van der Waals surface area contributed by atoms with E-state index < -0.39 is 5.91 Å². The van der Waals surface area contributed by atoms with Crippen LogP contribution >= 0.6 is 0 Å². The number of unbranched alkanes of at least 4 members (excludes halogenated alkanes) is 1. The van der Waals surface area contributed by atoms with Gasteiger partial charge in [0.1, 0.15) is 12.0 Å². The third-order valence-corrected chi connectivity index (χ3v) is 2.46. The number of amides is 1. The Morgan fingerprint density at radius 1 is 1.33 bits per heavy atom. The summed E-state index contributed by atoms with van der Waals surface area (Å²) in [6.45, 7) is 0.505. The number of rotatable bonds is 8. The van der Waals surface area contributed by atoms with Gasteiger partial charge in [-0.2, -0.15) is 0 Å². The SMILES string of the molecule is NC(=O)CC(N)c1ccc(OCCCC=O)cc1. The summed E-state index contributed by atoms with van der Waals surface area (Å²) < 4.78 is 5.43. The van der Waals surface area contributed by atoms with Crippen LogP contribution in [0.3, 0.4) is 0 Å². The second-order valence-electron chi connectivity index (χ2n) is 4.00. The molecule has 5 nitrogen and oxygen atoms in total. The van der Waals surface area contributed by atoms with Crippen LogP contribution in [-0.2, 0) is 9.59 Å². The zero-order chi connectivity index (χ0) is 13.4. The molecule has 0 bridgehead atoms. The van der Waals surface area contributed by atoms with Gasteiger partial charge in [0.25, 0.3) is 0 Å². The smallest absolute Gasteiger partial charge is 0.219 e. The number of benzene rings is 1.